The Balaban J connectivity index is 0.000000779. The van der Waals surface area contributed by atoms with E-state index in [2.05, 4.69) is 123 Å². The van der Waals surface area contributed by atoms with Gasteiger partial charge in [-0.05, 0) is 71.8 Å². The topological polar surface area (TPSA) is 0 Å². The molecule has 0 nitrogen and oxygen atoms in total. The fourth-order valence-electron chi connectivity index (χ4n) is 3.54. The van der Waals surface area contributed by atoms with Crippen LogP contribution in [0.3, 0.4) is 0 Å². The van der Waals surface area contributed by atoms with Crippen LogP contribution in [0.2, 0.25) is 0 Å². The van der Waals surface area contributed by atoms with Crippen LogP contribution in [-0.2, 0) is 18.3 Å². The van der Waals surface area contributed by atoms with Crippen molar-refractivity contribution in [3.8, 4) is 12.3 Å². The van der Waals surface area contributed by atoms with Crippen LogP contribution >= 0.6 is 0 Å². The van der Waals surface area contributed by atoms with E-state index in [1.165, 1.54) is 47.9 Å². The summed E-state index contributed by atoms with van der Waals surface area (Å²) in [6, 6.07) is 18.3. The van der Waals surface area contributed by atoms with Gasteiger partial charge in [-0.15, -0.1) is 13.0 Å². The van der Waals surface area contributed by atoms with Gasteiger partial charge in [0.15, 0.2) is 0 Å². The predicted molar refractivity (Wildman–Crippen MR) is 165 cm³/mol. The molecule has 2 rings (SSSR count). The number of hydrogen-bond acceptors (Lipinski definition) is 0. The van der Waals surface area contributed by atoms with E-state index < -0.39 is 0 Å². The molecule has 0 aliphatic heterocycles. The summed E-state index contributed by atoms with van der Waals surface area (Å²) in [5.74, 6) is 4.02. The van der Waals surface area contributed by atoms with Crippen molar-refractivity contribution in [2.24, 2.45) is 11.8 Å². The highest BCUT2D eigenvalue weighted by atomic mass is 14.3. The minimum atomic E-state index is 0.0419. The van der Waals surface area contributed by atoms with Crippen molar-refractivity contribution in [1.29, 1.82) is 0 Å². The fraction of sp³-hybridized carbons (Fsp3) is 0.500. The summed E-state index contributed by atoms with van der Waals surface area (Å²) in [6.07, 6.45) is 15.2. The molecule has 0 aliphatic carbocycles. The molecule has 0 bridgehead atoms. The highest BCUT2D eigenvalue weighted by Gasteiger charge is 2.22. The molecular weight excluding hydrogens is 432 g/mol. The molecule has 198 valence electrons. The average molecular weight is 487 g/mol. The molecular formula is C36H54. The molecule has 0 aliphatic rings. The van der Waals surface area contributed by atoms with E-state index >= 15 is 0 Å². The smallest absolute Gasteiger partial charge is 0.0146 e. The van der Waals surface area contributed by atoms with E-state index in [1.807, 2.05) is 6.08 Å². The second-order valence-electron chi connectivity index (χ2n) is 11.1. The highest BCUT2D eigenvalue weighted by Crippen LogP contribution is 2.32. The normalized spacial score (nSPS) is 10.6. The number of terminal acetylenes is 1. The zero-order valence-corrected chi connectivity index (χ0v) is 24.8. The van der Waals surface area contributed by atoms with Crippen molar-refractivity contribution in [2.45, 2.75) is 106 Å². The van der Waals surface area contributed by atoms with E-state index in [9.17, 15) is 0 Å². The van der Waals surface area contributed by atoms with Crippen LogP contribution in [0.25, 0.3) is 0 Å². The zero-order valence-electron chi connectivity index (χ0n) is 24.8. The molecule has 36 heavy (non-hydrogen) atoms. The second-order valence-corrected chi connectivity index (χ2v) is 11.1. The van der Waals surface area contributed by atoms with Gasteiger partial charge in [-0.25, -0.2) is 0 Å². The monoisotopic (exact) mass is 486 g/mol. The molecule has 0 fully saturated rings. The second kappa shape index (κ2) is 18.7. The van der Waals surface area contributed by atoms with Crippen LogP contribution in [0.1, 0.15) is 110 Å². The van der Waals surface area contributed by atoms with Gasteiger partial charge in [0.2, 0.25) is 0 Å². The van der Waals surface area contributed by atoms with Gasteiger partial charge < -0.3 is 0 Å². The van der Waals surface area contributed by atoms with Crippen LogP contribution in [0.5, 0.6) is 0 Å². The first-order valence-electron chi connectivity index (χ1n) is 14.0. The zero-order chi connectivity index (χ0) is 27.6. The van der Waals surface area contributed by atoms with Crippen LogP contribution in [-0.4, -0.2) is 0 Å². The number of rotatable bonds is 11. The third kappa shape index (κ3) is 14.1. The minimum Gasteiger partial charge on any atom is -0.115 e. The molecule has 0 spiro atoms. The van der Waals surface area contributed by atoms with E-state index in [-0.39, 0.29) is 5.41 Å². The molecule has 2 aromatic rings. The van der Waals surface area contributed by atoms with Crippen LogP contribution < -0.4 is 0 Å². The number of aryl methyl sites for hydroxylation is 2. The number of benzene rings is 2. The average Bonchev–Trinajstić information content (AvgIpc) is 2.87. The summed E-state index contributed by atoms with van der Waals surface area (Å²) in [5, 5.41) is 0. The molecule has 0 saturated carbocycles. The first-order chi connectivity index (χ1) is 17.0. The number of allylic oxidation sites excluding steroid dienone is 2. The molecule has 0 saturated heterocycles. The van der Waals surface area contributed by atoms with Gasteiger partial charge in [0.1, 0.15) is 0 Å². The molecule has 0 radical (unpaired) electrons. The maximum Gasteiger partial charge on any atom is 0.0146 e. The first-order valence-corrected chi connectivity index (χ1v) is 14.0. The van der Waals surface area contributed by atoms with E-state index in [4.69, 9.17) is 6.42 Å². The lowest BCUT2D eigenvalue weighted by molar-refractivity contribution is 0.626. The molecule has 0 aromatic heterocycles. The predicted octanol–water partition coefficient (Wildman–Crippen LogP) is 10.7. The van der Waals surface area contributed by atoms with Crippen molar-refractivity contribution >= 4 is 0 Å². The standard InChI is InChI=1S/C23H30.C8H12.C5H12/c1-5-7-9-19-11-15-21(16-12-19)23(3,4)22-17-13-20(14-18-22)10-8-6-2;1-5-8(4)6-7(2)3;1-4-5(2)3/h5,11-18H,1,6-10H2,2-4H3;1,7H,4,6H2,2-3H3;5H,4H2,1-3H3. The largest absolute Gasteiger partial charge is 0.115 e. The van der Waals surface area contributed by atoms with Crippen LogP contribution in [0.4, 0.5) is 0 Å². The van der Waals surface area contributed by atoms with Gasteiger partial charge in [0.25, 0.3) is 0 Å². The van der Waals surface area contributed by atoms with Crippen molar-refractivity contribution in [3.05, 3.63) is 95.6 Å². The van der Waals surface area contributed by atoms with Crippen LogP contribution in [0.15, 0.2) is 73.3 Å². The molecule has 0 N–H and O–H groups in total. The van der Waals surface area contributed by atoms with Crippen molar-refractivity contribution in [2.75, 3.05) is 0 Å². The Labute approximate surface area is 225 Å². The van der Waals surface area contributed by atoms with Gasteiger partial charge in [0.05, 0.1) is 0 Å². The van der Waals surface area contributed by atoms with Crippen molar-refractivity contribution in [1.82, 2.24) is 0 Å². The Kier molecular flexibility index (Phi) is 17.4. The Morgan fingerprint density at radius 2 is 1.31 bits per heavy atom. The molecule has 0 atom stereocenters. The lowest BCUT2D eigenvalue weighted by atomic mass is 9.77. The lowest BCUT2D eigenvalue weighted by Crippen LogP contribution is -2.18. The minimum absolute atomic E-state index is 0.0419. The quantitative estimate of drug-likeness (QED) is 0.219. The summed E-state index contributed by atoms with van der Waals surface area (Å²) in [6.45, 7) is 25.2. The number of hydrogen-bond donors (Lipinski definition) is 0. The van der Waals surface area contributed by atoms with E-state index in [0.29, 0.717) is 5.92 Å². The summed E-state index contributed by atoms with van der Waals surface area (Å²) in [5.41, 5.74) is 6.54. The third-order valence-corrected chi connectivity index (χ3v) is 6.48. The Bertz CT molecular complexity index is 883. The lowest BCUT2D eigenvalue weighted by Gasteiger charge is -2.26. The van der Waals surface area contributed by atoms with Crippen molar-refractivity contribution in [3.63, 3.8) is 0 Å². The van der Waals surface area contributed by atoms with Gasteiger partial charge >= 0.3 is 0 Å². The van der Waals surface area contributed by atoms with Gasteiger partial charge in [0, 0.05) is 5.41 Å². The maximum atomic E-state index is 5.07. The molecule has 2 aromatic carbocycles. The van der Waals surface area contributed by atoms with Gasteiger partial charge in [-0.1, -0.05) is 135 Å². The summed E-state index contributed by atoms with van der Waals surface area (Å²) in [4.78, 5) is 0. The van der Waals surface area contributed by atoms with Crippen molar-refractivity contribution < 1.29 is 0 Å². The molecule has 0 unspecified atom stereocenters. The SMILES string of the molecule is C#CC(=C)CC(C)C.C=CCCc1ccc(C(C)(C)c2ccc(CCCC)cc2)cc1.CCC(C)C. The van der Waals surface area contributed by atoms with Gasteiger partial charge in [-0.2, -0.15) is 0 Å². The summed E-state index contributed by atoms with van der Waals surface area (Å²) >= 11 is 0. The Morgan fingerprint density at radius 3 is 1.61 bits per heavy atom. The number of unbranched alkanes of at least 4 members (excludes halogenated alkanes) is 1. The Hall–Kier alpha value is -2.52. The fourth-order valence-corrected chi connectivity index (χ4v) is 3.54. The van der Waals surface area contributed by atoms with Gasteiger partial charge in [-0.3, -0.25) is 0 Å². The first kappa shape index (κ1) is 33.5. The highest BCUT2D eigenvalue weighted by molar-refractivity contribution is 5.39. The van der Waals surface area contributed by atoms with E-state index in [0.717, 1.165) is 30.8 Å². The third-order valence-electron chi connectivity index (χ3n) is 6.48. The molecule has 0 heteroatoms. The summed E-state index contributed by atoms with van der Waals surface area (Å²) < 4.78 is 0. The molecule has 0 amide bonds. The maximum absolute atomic E-state index is 5.07. The summed E-state index contributed by atoms with van der Waals surface area (Å²) in [7, 11) is 0. The molecule has 0 heterocycles. The van der Waals surface area contributed by atoms with E-state index in [1.54, 1.807) is 0 Å². The Morgan fingerprint density at radius 1 is 0.861 bits per heavy atom. The van der Waals surface area contributed by atoms with Crippen LogP contribution in [0, 0.1) is 24.2 Å².